The average Bonchev–Trinajstić information content (AvgIpc) is 2.79. The van der Waals surface area contributed by atoms with Crippen molar-refractivity contribution in [3.8, 4) is 0 Å². The molecule has 4 nitrogen and oxygen atoms in total. The van der Waals surface area contributed by atoms with Gasteiger partial charge in [0.1, 0.15) is 0 Å². The van der Waals surface area contributed by atoms with Crippen molar-refractivity contribution in [2.45, 2.75) is 38.6 Å². The lowest BCUT2D eigenvalue weighted by atomic mass is 10.2. The molecule has 1 saturated carbocycles. The molecule has 1 aliphatic carbocycles. The van der Waals surface area contributed by atoms with Crippen LogP contribution in [-0.4, -0.2) is 43.6 Å². The number of hydrogen-bond acceptors (Lipinski definition) is 2. The quantitative estimate of drug-likeness (QED) is 0.327. The zero-order chi connectivity index (χ0) is 12.7. The van der Waals surface area contributed by atoms with Crippen LogP contribution in [0.3, 0.4) is 0 Å². The van der Waals surface area contributed by atoms with E-state index in [4.69, 9.17) is 5.73 Å². The van der Waals surface area contributed by atoms with Gasteiger partial charge < -0.3 is 16.0 Å². The number of likely N-dealkylation sites (N-methyl/N-ethyl adjacent to an activating group) is 1. The Morgan fingerprint density at radius 3 is 2.61 bits per heavy atom. The minimum Gasteiger partial charge on any atom is -0.370 e. The fraction of sp³-hybridized carbons (Fsp3) is 0.769. The van der Waals surface area contributed by atoms with Gasteiger partial charge in [0, 0.05) is 19.1 Å². The van der Waals surface area contributed by atoms with Crippen LogP contribution < -0.4 is 11.1 Å². The highest BCUT2D eigenvalue weighted by molar-refractivity contribution is 14.0. The Balaban J connectivity index is 0.00000289. The summed E-state index contributed by atoms with van der Waals surface area (Å²) in [4.78, 5) is 6.61. The normalized spacial score (nSPS) is 16.7. The lowest BCUT2D eigenvalue weighted by molar-refractivity contribution is 0.249. The number of rotatable bonds is 6. The third-order valence-electron chi connectivity index (χ3n) is 3.24. The molecule has 0 saturated heterocycles. The second kappa shape index (κ2) is 9.61. The Bertz CT molecular complexity index is 272. The van der Waals surface area contributed by atoms with Crippen molar-refractivity contribution in [1.29, 1.82) is 0 Å². The van der Waals surface area contributed by atoms with E-state index < -0.39 is 0 Å². The van der Waals surface area contributed by atoms with Gasteiger partial charge in [0.25, 0.3) is 0 Å². The van der Waals surface area contributed by atoms with Crippen LogP contribution in [0.1, 0.15) is 32.6 Å². The number of nitrogens with zero attached hydrogens (tertiary/aromatic N) is 2. The first-order valence-electron chi connectivity index (χ1n) is 6.48. The van der Waals surface area contributed by atoms with Crippen LogP contribution >= 0.6 is 24.0 Å². The molecule has 3 N–H and O–H groups in total. The van der Waals surface area contributed by atoms with Gasteiger partial charge in [0.15, 0.2) is 5.96 Å². The number of hydrogen-bond donors (Lipinski definition) is 2. The Labute approximate surface area is 128 Å². The molecule has 106 valence electrons. The van der Waals surface area contributed by atoms with Crippen LogP contribution in [0.5, 0.6) is 0 Å². The third-order valence-corrected chi connectivity index (χ3v) is 3.24. The minimum atomic E-state index is 0. The molecule has 1 fully saturated rings. The second-order valence-corrected chi connectivity index (χ2v) is 5.00. The summed E-state index contributed by atoms with van der Waals surface area (Å²) in [6, 6.07) is 0.769. The van der Waals surface area contributed by atoms with Crippen molar-refractivity contribution >= 4 is 29.9 Å². The summed E-state index contributed by atoms with van der Waals surface area (Å²) in [5.41, 5.74) is 6.77. The number of aliphatic imine (C=N–C) groups is 1. The summed E-state index contributed by atoms with van der Waals surface area (Å²) in [6.45, 7) is 8.23. The fourth-order valence-corrected chi connectivity index (χ4v) is 2.16. The maximum absolute atomic E-state index is 5.74. The van der Waals surface area contributed by atoms with Crippen LogP contribution in [0, 0.1) is 0 Å². The van der Waals surface area contributed by atoms with Crippen molar-refractivity contribution in [1.82, 2.24) is 10.2 Å². The van der Waals surface area contributed by atoms with E-state index >= 15 is 0 Å². The van der Waals surface area contributed by atoms with Crippen molar-refractivity contribution in [3.63, 3.8) is 0 Å². The largest absolute Gasteiger partial charge is 0.370 e. The zero-order valence-corrected chi connectivity index (χ0v) is 13.9. The highest BCUT2D eigenvalue weighted by Gasteiger charge is 2.18. The van der Waals surface area contributed by atoms with Gasteiger partial charge in [-0.1, -0.05) is 25.0 Å². The lowest BCUT2D eigenvalue weighted by Crippen LogP contribution is -2.40. The molecular weight excluding hydrogens is 339 g/mol. The maximum Gasteiger partial charge on any atom is 0.188 e. The predicted octanol–water partition coefficient (Wildman–Crippen LogP) is 1.96. The molecule has 0 spiro atoms. The van der Waals surface area contributed by atoms with E-state index in [9.17, 15) is 0 Å². The van der Waals surface area contributed by atoms with Crippen molar-refractivity contribution in [2.24, 2.45) is 10.7 Å². The van der Waals surface area contributed by atoms with Gasteiger partial charge in [-0.05, 0) is 26.8 Å². The van der Waals surface area contributed by atoms with Crippen LogP contribution in [-0.2, 0) is 0 Å². The standard InChI is InChI=1S/C13H26N4.HI/c1-11(2)10-16-13(14)15-8-9-17(3)12-6-4-5-7-12;/h12H,1,4-10H2,2-3H3,(H3,14,15,16);1H. The van der Waals surface area contributed by atoms with Gasteiger partial charge in [-0.2, -0.15) is 0 Å². The van der Waals surface area contributed by atoms with E-state index in [0.717, 1.165) is 24.7 Å². The highest BCUT2D eigenvalue weighted by Crippen LogP contribution is 2.21. The Morgan fingerprint density at radius 2 is 2.06 bits per heavy atom. The molecule has 1 rings (SSSR count). The molecule has 0 atom stereocenters. The van der Waals surface area contributed by atoms with Gasteiger partial charge in [0.2, 0.25) is 0 Å². The number of halogens is 1. The van der Waals surface area contributed by atoms with E-state index in [1.165, 1.54) is 25.7 Å². The molecule has 0 bridgehead atoms. The molecular formula is C13H27IN4. The van der Waals surface area contributed by atoms with E-state index in [-0.39, 0.29) is 24.0 Å². The van der Waals surface area contributed by atoms with Crippen molar-refractivity contribution < 1.29 is 0 Å². The zero-order valence-electron chi connectivity index (χ0n) is 11.6. The van der Waals surface area contributed by atoms with E-state index in [1.807, 2.05) is 6.92 Å². The van der Waals surface area contributed by atoms with Gasteiger partial charge in [0.05, 0.1) is 6.54 Å². The smallest absolute Gasteiger partial charge is 0.188 e. The van der Waals surface area contributed by atoms with E-state index in [2.05, 4.69) is 28.8 Å². The number of guanidine groups is 1. The third kappa shape index (κ3) is 7.20. The summed E-state index contributed by atoms with van der Waals surface area (Å²) >= 11 is 0. The molecule has 0 amide bonds. The first-order valence-corrected chi connectivity index (χ1v) is 6.48. The molecule has 5 heteroatoms. The monoisotopic (exact) mass is 366 g/mol. The van der Waals surface area contributed by atoms with Crippen molar-refractivity contribution in [2.75, 3.05) is 26.7 Å². The maximum atomic E-state index is 5.74. The fourth-order valence-electron chi connectivity index (χ4n) is 2.16. The topological polar surface area (TPSA) is 53.6 Å². The molecule has 0 aromatic heterocycles. The molecule has 0 radical (unpaired) electrons. The first kappa shape index (κ1) is 17.7. The highest BCUT2D eigenvalue weighted by atomic mass is 127. The summed E-state index contributed by atoms with van der Waals surface area (Å²) in [5.74, 6) is 0.521. The van der Waals surface area contributed by atoms with Crippen LogP contribution in [0.25, 0.3) is 0 Å². The van der Waals surface area contributed by atoms with Crippen LogP contribution in [0.2, 0.25) is 0 Å². The molecule has 0 aromatic rings. The van der Waals surface area contributed by atoms with Crippen LogP contribution in [0.15, 0.2) is 17.1 Å². The molecule has 0 unspecified atom stereocenters. The molecule has 18 heavy (non-hydrogen) atoms. The molecule has 1 aliphatic rings. The van der Waals surface area contributed by atoms with Crippen molar-refractivity contribution in [3.05, 3.63) is 12.2 Å². The molecule has 0 aromatic carbocycles. The summed E-state index contributed by atoms with van der Waals surface area (Å²) in [7, 11) is 2.19. The van der Waals surface area contributed by atoms with E-state index in [1.54, 1.807) is 0 Å². The first-order chi connectivity index (χ1) is 8.09. The van der Waals surface area contributed by atoms with Gasteiger partial charge in [-0.3, -0.25) is 0 Å². The Kier molecular flexibility index (Phi) is 9.45. The number of nitrogens with two attached hydrogens (primary N) is 1. The summed E-state index contributed by atoms with van der Waals surface area (Å²) in [5, 5.41) is 3.14. The van der Waals surface area contributed by atoms with Gasteiger partial charge >= 0.3 is 0 Å². The predicted molar refractivity (Wildman–Crippen MR) is 89.6 cm³/mol. The van der Waals surface area contributed by atoms with Gasteiger partial charge in [-0.15, -0.1) is 24.0 Å². The van der Waals surface area contributed by atoms with Crippen LogP contribution in [0.4, 0.5) is 0 Å². The lowest BCUT2D eigenvalue weighted by Gasteiger charge is -2.23. The SMILES string of the molecule is C=C(C)CN=C(N)NCCN(C)C1CCCC1.I. The number of nitrogens with one attached hydrogen (secondary N) is 1. The Hall–Kier alpha value is -0.300. The van der Waals surface area contributed by atoms with E-state index in [0.29, 0.717) is 12.5 Å². The van der Waals surface area contributed by atoms with Gasteiger partial charge in [-0.25, -0.2) is 4.99 Å². The average molecular weight is 366 g/mol. The molecule has 0 heterocycles. The summed E-state index contributed by atoms with van der Waals surface area (Å²) in [6.07, 6.45) is 5.45. The Morgan fingerprint density at radius 1 is 1.44 bits per heavy atom. The minimum absolute atomic E-state index is 0. The molecule has 0 aliphatic heterocycles. The summed E-state index contributed by atoms with van der Waals surface area (Å²) < 4.78 is 0. The second-order valence-electron chi connectivity index (χ2n) is 5.00.